The average Bonchev–Trinajstić information content (AvgIpc) is 2.36. The smallest absolute Gasteiger partial charge is 0.0247 e. The van der Waals surface area contributed by atoms with Gasteiger partial charge in [0, 0.05) is 6.04 Å². The molecule has 0 saturated heterocycles. The van der Waals surface area contributed by atoms with Crippen LogP contribution in [0.3, 0.4) is 0 Å². The molecule has 1 aliphatic rings. The minimum atomic E-state index is 0.145. The van der Waals surface area contributed by atoms with Crippen LogP contribution in [0.25, 0.3) is 0 Å². The van der Waals surface area contributed by atoms with Gasteiger partial charge in [0.25, 0.3) is 0 Å². The fourth-order valence-electron chi connectivity index (χ4n) is 2.70. The van der Waals surface area contributed by atoms with Gasteiger partial charge in [0.15, 0.2) is 0 Å². The Bertz CT molecular complexity index is 192. The van der Waals surface area contributed by atoms with Gasteiger partial charge in [-0.15, -0.1) is 0 Å². The Kier molecular flexibility index (Phi) is 8.42. The lowest BCUT2D eigenvalue weighted by Gasteiger charge is -2.18. The molecule has 1 N–H and O–H groups in total. The summed E-state index contributed by atoms with van der Waals surface area (Å²) in [6.45, 7) is 2.24. The third kappa shape index (κ3) is 7.59. The molecule has 1 radical (unpaired) electrons. The lowest BCUT2D eigenvalue weighted by atomic mass is 9.89. The van der Waals surface area contributed by atoms with Gasteiger partial charge in [0.05, 0.1) is 0 Å². The van der Waals surface area contributed by atoms with E-state index in [2.05, 4.69) is 19.1 Å². The molecule has 0 aliphatic heterocycles. The van der Waals surface area contributed by atoms with Gasteiger partial charge in [0.2, 0.25) is 0 Å². The SMILES string of the molecule is CCCCCCC([NH])CC=CC1CCCCC1. The summed E-state index contributed by atoms with van der Waals surface area (Å²) in [4.78, 5) is 0. The molecule has 1 heteroatoms. The van der Waals surface area contributed by atoms with Gasteiger partial charge in [-0.3, -0.25) is 5.73 Å². The molecular formula is C16H30N. The number of nitrogens with one attached hydrogen (secondary N) is 1. The van der Waals surface area contributed by atoms with Crippen LogP contribution in [0.2, 0.25) is 0 Å². The van der Waals surface area contributed by atoms with Crippen molar-refractivity contribution in [3.05, 3.63) is 12.2 Å². The molecule has 0 heterocycles. The largest absolute Gasteiger partial charge is 0.254 e. The van der Waals surface area contributed by atoms with Gasteiger partial charge in [-0.1, -0.05) is 64.0 Å². The highest BCUT2D eigenvalue weighted by Gasteiger charge is 2.09. The molecule has 1 rings (SSSR count). The second-order valence-electron chi connectivity index (χ2n) is 5.61. The van der Waals surface area contributed by atoms with Gasteiger partial charge in [-0.05, 0) is 31.6 Å². The molecule has 0 amide bonds. The monoisotopic (exact) mass is 236 g/mol. The third-order valence-electron chi connectivity index (χ3n) is 3.88. The van der Waals surface area contributed by atoms with Gasteiger partial charge >= 0.3 is 0 Å². The van der Waals surface area contributed by atoms with E-state index >= 15 is 0 Å². The second kappa shape index (κ2) is 9.70. The molecule has 1 unspecified atom stereocenters. The molecule has 17 heavy (non-hydrogen) atoms. The van der Waals surface area contributed by atoms with Gasteiger partial charge in [0.1, 0.15) is 0 Å². The Morgan fingerprint density at radius 2 is 1.88 bits per heavy atom. The van der Waals surface area contributed by atoms with Crippen molar-refractivity contribution in [2.24, 2.45) is 5.92 Å². The maximum absolute atomic E-state index is 7.97. The van der Waals surface area contributed by atoms with E-state index in [4.69, 9.17) is 5.73 Å². The Morgan fingerprint density at radius 1 is 1.12 bits per heavy atom. The van der Waals surface area contributed by atoms with Crippen LogP contribution in [-0.2, 0) is 0 Å². The summed E-state index contributed by atoms with van der Waals surface area (Å²) in [7, 11) is 0. The van der Waals surface area contributed by atoms with Crippen molar-refractivity contribution in [3.63, 3.8) is 0 Å². The van der Waals surface area contributed by atoms with Crippen LogP contribution in [0, 0.1) is 5.92 Å². The van der Waals surface area contributed by atoms with Crippen LogP contribution >= 0.6 is 0 Å². The molecule has 0 aromatic carbocycles. The van der Waals surface area contributed by atoms with Crippen molar-refractivity contribution < 1.29 is 0 Å². The molecule has 1 nitrogen and oxygen atoms in total. The van der Waals surface area contributed by atoms with E-state index in [1.54, 1.807) is 0 Å². The zero-order chi connectivity index (χ0) is 12.3. The summed E-state index contributed by atoms with van der Waals surface area (Å²) in [5.74, 6) is 0.830. The van der Waals surface area contributed by atoms with Crippen LogP contribution in [0.5, 0.6) is 0 Å². The third-order valence-corrected chi connectivity index (χ3v) is 3.88. The molecular weight excluding hydrogens is 206 g/mol. The zero-order valence-electron chi connectivity index (χ0n) is 11.6. The van der Waals surface area contributed by atoms with Crippen LogP contribution in [-0.4, -0.2) is 6.04 Å². The predicted molar refractivity (Wildman–Crippen MR) is 76.0 cm³/mol. The summed E-state index contributed by atoms with van der Waals surface area (Å²) in [6.07, 6.45) is 19.0. The van der Waals surface area contributed by atoms with E-state index in [1.165, 1.54) is 57.8 Å². The number of rotatable bonds is 8. The summed E-state index contributed by atoms with van der Waals surface area (Å²) in [6, 6.07) is 0.145. The average molecular weight is 236 g/mol. The molecule has 1 atom stereocenters. The summed E-state index contributed by atoms with van der Waals surface area (Å²) < 4.78 is 0. The normalized spacial score (nSPS) is 19.9. The molecule has 1 saturated carbocycles. The zero-order valence-corrected chi connectivity index (χ0v) is 11.6. The first-order chi connectivity index (χ1) is 8.33. The van der Waals surface area contributed by atoms with Crippen molar-refractivity contribution in [1.29, 1.82) is 0 Å². The minimum absolute atomic E-state index is 0.145. The van der Waals surface area contributed by atoms with Crippen LogP contribution in [0.1, 0.15) is 77.6 Å². The molecule has 1 fully saturated rings. The number of hydrogen-bond donors (Lipinski definition) is 0. The van der Waals surface area contributed by atoms with Crippen molar-refractivity contribution in [2.75, 3.05) is 0 Å². The first-order valence-electron chi connectivity index (χ1n) is 7.70. The molecule has 1 aliphatic carbocycles. The lowest BCUT2D eigenvalue weighted by molar-refractivity contribution is 0.418. The van der Waals surface area contributed by atoms with E-state index in [0.29, 0.717) is 0 Å². The standard InChI is InChI=1S/C16H30N/c1-2-3-4-8-13-16(17)14-9-12-15-10-6-5-7-11-15/h9,12,15-17H,2-8,10-11,13-14H2,1H3. The Balaban J connectivity index is 2.01. The highest BCUT2D eigenvalue weighted by Crippen LogP contribution is 2.24. The first kappa shape index (κ1) is 14.8. The Hall–Kier alpha value is -0.300. The van der Waals surface area contributed by atoms with Crippen LogP contribution in [0.15, 0.2) is 12.2 Å². The van der Waals surface area contributed by atoms with Crippen LogP contribution in [0.4, 0.5) is 0 Å². The second-order valence-corrected chi connectivity index (χ2v) is 5.61. The van der Waals surface area contributed by atoms with E-state index < -0.39 is 0 Å². The predicted octanol–water partition coefficient (Wildman–Crippen LogP) is 5.13. The molecule has 0 aromatic rings. The molecule has 0 spiro atoms. The Morgan fingerprint density at radius 3 is 2.59 bits per heavy atom. The van der Waals surface area contributed by atoms with E-state index in [-0.39, 0.29) is 6.04 Å². The van der Waals surface area contributed by atoms with Crippen molar-refractivity contribution in [2.45, 2.75) is 83.6 Å². The topological polar surface area (TPSA) is 23.8 Å². The maximum atomic E-state index is 7.97. The van der Waals surface area contributed by atoms with E-state index in [1.807, 2.05) is 0 Å². The Labute approximate surface area is 108 Å². The molecule has 0 bridgehead atoms. The van der Waals surface area contributed by atoms with Gasteiger partial charge in [-0.2, -0.15) is 0 Å². The maximum Gasteiger partial charge on any atom is 0.0247 e. The fourth-order valence-corrected chi connectivity index (χ4v) is 2.70. The highest BCUT2D eigenvalue weighted by atomic mass is 14.6. The fraction of sp³-hybridized carbons (Fsp3) is 0.875. The first-order valence-corrected chi connectivity index (χ1v) is 7.70. The van der Waals surface area contributed by atoms with E-state index in [9.17, 15) is 0 Å². The number of hydrogen-bond acceptors (Lipinski definition) is 0. The lowest BCUT2D eigenvalue weighted by Crippen LogP contribution is -2.08. The van der Waals surface area contributed by atoms with Gasteiger partial charge < -0.3 is 0 Å². The number of unbranched alkanes of at least 4 members (excludes halogenated alkanes) is 3. The molecule has 0 aromatic heterocycles. The van der Waals surface area contributed by atoms with Crippen molar-refractivity contribution in [1.82, 2.24) is 5.73 Å². The highest BCUT2D eigenvalue weighted by molar-refractivity contribution is 4.91. The number of allylic oxidation sites excluding steroid dienone is 1. The van der Waals surface area contributed by atoms with Crippen molar-refractivity contribution in [3.8, 4) is 0 Å². The van der Waals surface area contributed by atoms with Crippen LogP contribution < -0.4 is 5.73 Å². The minimum Gasteiger partial charge on any atom is -0.254 e. The van der Waals surface area contributed by atoms with E-state index in [0.717, 1.165) is 18.8 Å². The molecule has 99 valence electrons. The van der Waals surface area contributed by atoms with Crippen molar-refractivity contribution >= 4 is 0 Å². The summed E-state index contributed by atoms with van der Waals surface area (Å²) in [5.41, 5.74) is 7.97. The summed E-state index contributed by atoms with van der Waals surface area (Å²) >= 11 is 0. The quantitative estimate of drug-likeness (QED) is 0.412. The van der Waals surface area contributed by atoms with Gasteiger partial charge in [-0.25, -0.2) is 0 Å². The summed E-state index contributed by atoms with van der Waals surface area (Å²) in [5, 5.41) is 0.